The largest absolute Gasteiger partial charge is 0.493 e. The van der Waals surface area contributed by atoms with Crippen LogP contribution in [0.3, 0.4) is 0 Å². The summed E-state index contributed by atoms with van der Waals surface area (Å²) in [7, 11) is 1.62. The summed E-state index contributed by atoms with van der Waals surface area (Å²) in [6, 6.07) is 9.56. The van der Waals surface area contributed by atoms with Crippen molar-refractivity contribution < 1.29 is 9.47 Å². The fraction of sp³-hybridized carbons (Fsp3) is 0.286. The molecule has 0 radical (unpaired) electrons. The lowest BCUT2D eigenvalue weighted by atomic mass is 10.2. The van der Waals surface area contributed by atoms with E-state index in [-0.39, 0.29) is 5.56 Å². The molecule has 0 bridgehead atoms. The number of benzene rings is 1. The second-order valence-corrected chi connectivity index (χ2v) is 8.45. The maximum atomic E-state index is 12.7. The zero-order valence-corrected chi connectivity index (χ0v) is 17.9. The molecular formula is C21H21N3O3S2. The van der Waals surface area contributed by atoms with Crippen molar-refractivity contribution in [2.45, 2.75) is 26.2 Å². The van der Waals surface area contributed by atoms with Gasteiger partial charge in [-0.15, -0.1) is 16.4 Å². The van der Waals surface area contributed by atoms with Gasteiger partial charge in [0.15, 0.2) is 17.3 Å². The van der Waals surface area contributed by atoms with Gasteiger partial charge >= 0.3 is 0 Å². The summed E-state index contributed by atoms with van der Waals surface area (Å²) in [4.78, 5) is 18.8. The first kappa shape index (κ1) is 19.6. The molecule has 4 rings (SSSR count). The standard InChI is InChI=1S/C21H21N3O3S2/c1-3-4-5-10-27-15-9-8-14(12-16(15)26-2)13-18-20(25)24-21(29-18)22-19(23-24)17-7-6-11-28-17/h6-9,11-13H,3-5,10H2,1-2H3/b18-13+. The average Bonchev–Trinajstić information content (AvgIpc) is 3.45. The number of hydrogen-bond acceptors (Lipinski definition) is 7. The van der Waals surface area contributed by atoms with Crippen LogP contribution in [0.15, 0.2) is 40.5 Å². The summed E-state index contributed by atoms with van der Waals surface area (Å²) in [5.74, 6) is 1.95. The quantitative estimate of drug-likeness (QED) is 0.398. The number of unbranched alkanes of at least 4 members (excludes halogenated alkanes) is 2. The summed E-state index contributed by atoms with van der Waals surface area (Å²) >= 11 is 2.88. The van der Waals surface area contributed by atoms with Crippen LogP contribution in [0, 0.1) is 0 Å². The van der Waals surface area contributed by atoms with Gasteiger partial charge in [0.25, 0.3) is 5.56 Å². The van der Waals surface area contributed by atoms with E-state index < -0.39 is 0 Å². The minimum atomic E-state index is -0.167. The van der Waals surface area contributed by atoms with E-state index in [1.54, 1.807) is 18.4 Å². The number of ether oxygens (including phenoxy) is 2. The molecule has 29 heavy (non-hydrogen) atoms. The van der Waals surface area contributed by atoms with E-state index in [1.807, 2.05) is 41.8 Å². The fourth-order valence-corrected chi connectivity index (χ4v) is 4.48. The van der Waals surface area contributed by atoms with Gasteiger partial charge in [0.1, 0.15) is 0 Å². The van der Waals surface area contributed by atoms with Gasteiger partial charge in [-0.25, -0.2) is 0 Å². The number of thiazole rings is 1. The highest BCUT2D eigenvalue weighted by Gasteiger charge is 2.13. The van der Waals surface area contributed by atoms with Crippen LogP contribution in [0.1, 0.15) is 31.7 Å². The van der Waals surface area contributed by atoms with Crippen LogP contribution in [0.2, 0.25) is 0 Å². The number of fused-ring (bicyclic) bond motifs is 1. The molecule has 4 aromatic rings. The molecule has 8 heteroatoms. The van der Waals surface area contributed by atoms with Crippen molar-refractivity contribution in [2.24, 2.45) is 0 Å². The van der Waals surface area contributed by atoms with Gasteiger partial charge in [-0.3, -0.25) is 4.79 Å². The topological polar surface area (TPSA) is 65.7 Å². The molecule has 0 saturated heterocycles. The summed E-state index contributed by atoms with van der Waals surface area (Å²) in [5, 5.41) is 6.33. The third-order valence-corrected chi connectivity index (χ3v) is 6.24. The predicted molar refractivity (Wildman–Crippen MR) is 117 cm³/mol. The predicted octanol–water partition coefficient (Wildman–Crippen LogP) is 4.00. The van der Waals surface area contributed by atoms with Crippen LogP contribution in [-0.4, -0.2) is 28.3 Å². The highest BCUT2D eigenvalue weighted by Crippen LogP contribution is 2.28. The highest BCUT2D eigenvalue weighted by atomic mass is 32.1. The van der Waals surface area contributed by atoms with Crippen LogP contribution < -0.4 is 19.6 Å². The van der Waals surface area contributed by atoms with E-state index in [0.29, 0.717) is 33.4 Å². The Morgan fingerprint density at radius 3 is 2.83 bits per heavy atom. The maximum Gasteiger partial charge on any atom is 0.291 e. The molecule has 0 fully saturated rings. The molecular weight excluding hydrogens is 406 g/mol. The van der Waals surface area contributed by atoms with E-state index in [1.165, 1.54) is 15.9 Å². The lowest BCUT2D eigenvalue weighted by molar-refractivity contribution is 0.286. The Balaban J connectivity index is 1.61. The molecule has 0 N–H and O–H groups in total. The molecule has 0 spiro atoms. The monoisotopic (exact) mass is 427 g/mol. The minimum Gasteiger partial charge on any atom is -0.493 e. The van der Waals surface area contributed by atoms with Gasteiger partial charge in [-0.05, 0) is 41.6 Å². The average molecular weight is 428 g/mol. The molecule has 0 aliphatic heterocycles. The van der Waals surface area contributed by atoms with E-state index in [4.69, 9.17) is 9.47 Å². The Bertz CT molecular complexity index is 1210. The van der Waals surface area contributed by atoms with Crippen molar-refractivity contribution in [3.8, 4) is 22.2 Å². The number of nitrogens with zero attached hydrogens (tertiary/aromatic N) is 3. The van der Waals surface area contributed by atoms with Gasteiger partial charge in [-0.1, -0.05) is 43.2 Å². The molecule has 0 unspecified atom stereocenters. The molecule has 3 heterocycles. The Labute approximate surface area is 176 Å². The van der Waals surface area contributed by atoms with Crippen molar-refractivity contribution in [1.29, 1.82) is 0 Å². The van der Waals surface area contributed by atoms with Gasteiger partial charge in [0.05, 0.1) is 23.1 Å². The van der Waals surface area contributed by atoms with Gasteiger partial charge in [0, 0.05) is 0 Å². The SMILES string of the molecule is CCCCCOc1ccc(/C=c2/sc3nc(-c4cccs4)nn3c2=O)cc1OC. The van der Waals surface area contributed by atoms with E-state index in [0.717, 1.165) is 29.7 Å². The summed E-state index contributed by atoms with van der Waals surface area (Å²) < 4.78 is 13.2. The lowest BCUT2D eigenvalue weighted by Crippen LogP contribution is -2.23. The zero-order valence-electron chi connectivity index (χ0n) is 16.3. The fourth-order valence-electron chi connectivity index (χ4n) is 2.92. The van der Waals surface area contributed by atoms with Crippen molar-refractivity contribution >= 4 is 33.7 Å². The van der Waals surface area contributed by atoms with Crippen molar-refractivity contribution in [1.82, 2.24) is 14.6 Å². The molecule has 1 aromatic carbocycles. The Morgan fingerprint density at radius 2 is 2.10 bits per heavy atom. The molecule has 150 valence electrons. The van der Waals surface area contributed by atoms with Crippen molar-refractivity contribution in [2.75, 3.05) is 13.7 Å². The molecule has 6 nitrogen and oxygen atoms in total. The number of thiophene rings is 1. The zero-order chi connectivity index (χ0) is 20.2. The van der Waals surface area contributed by atoms with Gasteiger partial charge < -0.3 is 9.47 Å². The number of rotatable bonds is 8. The van der Waals surface area contributed by atoms with Gasteiger partial charge in [-0.2, -0.15) is 9.50 Å². The van der Waals surface area contributed by atoms with Crippen molar-refractivity contribution in [3.63, 3.8) is 0 Å². The Hall–Kier alpha value is -2.71. The maximum absolute atomic E-state index is 12.7. The molecule has 0 aliphatic rings. The van der Waals surface area contributed by atoms with Gasteiger partial charge in [0.2, 0.25) is 4.96 Å². The second-order valence-electron chi connectivity index (χ2n) is 6.49. The van der Waals surface area contributed by atoms with Crippen LogP contribution in [0.25, 0.3) is 21.7 Å². The van der Waals surface area contributed by atoms with Crippen LogP contribution in [0.5, 0.6) is 11.5 Å². The van der Waals surface area contributed by atoms with E-state index in [9.17, 15) is 4.79 Å². The van der Waals surface area contributed by atoms with E-state index in [2.05, 4.69) is 17.0 Å². The lowest BCUT2D eigenvalue weighted by Gasteiger charge is -2.11. The Kier molecular flexibility index (Phi) is 5.92. The second kappa shape index (κ2) is 8.75. The molecule has 0 aliphatic carbocycles. The first-order chi connectivity index (χ1) is 14.2. The summed E-state index contributed by atoms with van der Waals surface area (Å²) in [6.45, 7) is 2.83. The minimum absolute atomic E-state index is 0.167. The number of hydrogen-bond donors (Lipinski definition) is 0. The smallest absolute Gasteiger partial charge is 0.291 e. The van der Waals surface area contributed by atoms with Crippen LogP contribution >= 0.6 is 22.7 Å². The highest BCUT2D eigenvalue weighted by molar-refractivity contribution is 7.15. The molecule has 0 saturated carbocycles. The first-order valence-corrected chi connectivity index (χ1v) is 11.1. The third-order valence-electron chi connectivity index (χ3n) is 4.41. The normalized spacial score (nSPS) is 12.0. The summed E-state index contributed by atoms with van der Waals surface area (Å²) in [6.07, 6.45) is 5.14. The van der Waals surface area contributed by atoms with E-state index >= 15 is 0 Å². The number of methoxy groups -OCH3 is 1. The molecule has 0 atom stereocenters. The summed E-state index contributed by atoms with van der Waals surface area (Å²) in [5.41, 5.74) is 0.696. The molecule has 0 amide bonds. The Morgan fingerprint density at radius 1 is 1.21 bits per heavy atom. The van der Waals surface area contributed by atoms with Crippen molar-refractivity contribution in [3.05, 3.63) is 56.2 Å². The number of aromatic nitrogens is 3. The third kappa shape index (κ3) is 4.18. The van der Waals surface area contributed by atoms with Crippen LogP contribution in [-0.2, 0) is 0 Å². The molecule has 3 aromatic heterocycles. The van der Waals surface area contributed by atoms with Crippen LogP contribution in [0.4, 0.5) is 0 Å². The first-order valence-electron chi connectivity index (χ1n) is 9.45.